The van der Waals surface area contributed by atoms with E-state index in [-0.39, 0.29) is 42.3 Å². The molecule has 2 aromatic rings. The van der Waals surface area contributed by atoms with Crippen LogP contribution in [-0.4, -0.2) is 57.8 Å². The number of unbranched alkanes of at least 4 members (excludes halogenated alkanes) is 2. The lowest BCUT2D eigenvalue weighted by atomic mass is 9.93. The molecule has 2 amide bonds. The molecule has 1 aliphatic rings. The minimum Gasteiger partial charge on any atom is -0.494 e. The third-order valence-electron chi connectivity index (χ3n) is 6.74. The average molecular weight is 499 g/mol. The minimum absolute atomic E-state index is 0.0213. The highest BCUT2D eigenvalue weighted by Gasteiger charge is 2.48. The van der Waals surface area contributed by atoms with Gasteiger partial charge in [0.2, 0.25) is 5.91 Å². The number of ether oxygens (including phenoxy) is 2. The van der Waals surface area contributed by atoms with Gasteiger partial charge >= 0.3 is 5.97 Å². The fourth-order valence-electron chi connectivity index (χ4n) is 4.49. The second kappa shape index (κ2) is 12.1. The summed E-state index contributed by atoms with van der Waals surface area (Å²) in [5, 5.41) is 7.47. The van der Waals surface area contributed by atoms with Crippen LogP contribution in [0.1, 0.15) is 86.3 Å². The summed E-state index contributed by atoms with van der Waals surface area (Å²) in [6, 6.07) is 8.93. The van der Waals surface area contributed by atoms with Gasteiger partial charge in [0.25, 0.3) is 5.91 Å². The Hall–Kier alpha value is -3.36. The van der Waals surface area contributed by atoms with Crippen molar-refractivity contribution in [1.29, 1.82) is 0 Å². The van der Waals surface area contributed by atoms with Crippen LogP contribution in [0.2, 0.25) is 0 Å². The number of hydrogen-bond acceptors (Lipinski definition) is 6. The zero-order valence-electron chi connectivity index (χ0n) is 22.0. The Labute approximate surface area is 213 Å². The van der Waals surface area contributed by atoms with Crippen LogP contribution in [0.25, 0.3) is 0 Å². The molecule has 2 atom stereocenters. The molecule has 2 heterocycles. The van der Waals surface area contributed by atoms with E-state index in [1.54, 1.807) is 11.8 Å². The van der Waals surface area contributed by atoms with E-state index in [9.17, 15) is 14.4 Å². The summed E-state index contributed by atoms with van der Waals surface area (Å²) in [6.07, 6.45) is 4.94. The number of nitrogens with one attached hydrogen (secondary N) is 1. The van der Waals surface area contributed by atoms with Crippen LogP contribution in [0.15, 0.2) is 30.3 Å². The number of carbonyl (C=O) groups excluding carboxylic acids is 3. The molecular formula is C27H38N4O5. The number of nitrogens with zero attached hydrogens (tertiary/aromatic N) is 3. The van der Waals surface area contributed by atoms with Crippen LogP contribution in [-0.2, 0) is 22.6 Å². The number of rotatable bonds is 12. The van der Waals surface area contributed by atoms with Gasteiger partial charge in [0.15, 0.2) is 5.69 Å². The minimum atomic E-state index is -1.21. The van der Waals surface area contributed by atoms with Gasteiger partial charge in [-0.05, 0) is 44.4 Å². The second-order valence-electron chi connectivity index (χ2n) is 9.38. The van der Waals surface area contributed by atoms with Gasteiger partial charge in [-0.25, -0.2) is 4.79 Å². The number of esters is 1. The quantitative estimate of drug-likeness (QED) is 0.351. The number of methoxy groups -OCH3 is 1. The Morgan fingerprint density at radius 2 is 1.89 bits per heavy atom. The topological polar surface area (TPSA) is 103 Å². The number of aromatic nitrogens is 2. The van der Waals surface area contributed by atoms with Crippen LogP contribution < -0.4 is 10.1 Å². The van der Waals surface area contributed by atoms with E-state index < -0.39 is 11.5 Å². The van der Waals surface area contributed by atoms with Crippen molar-refractivity contribution < 1.29 is 23.9 Å². The van der Waals surface area contributed by atoms with Gasteiger partial charge in [0, 0.05) is 18.7 Å². The van der Waals surface area contributed by atoms with Gasteiger partial charge in [-0.2, -0.15) is 5.10 Å². The van der Waals surface area contributed by atoms with Crippen LogP contribution in [0.4, 0.5) is 0 Å². The average Bonchev–Trinajstić information content (AvgIpc) is 3.30. The Balaban J connectivity index is 1.94. The van der Waals surface area contributed by atoms with Gasteiger partial charge in [0.1, 0.15) is 17.0 Å². The van der Waals surface area contributed by atoms with E-state index in [4.69, 9.17) is 9.47 Å². The van der Waals surface area contributed by atoms with E-state index in [2.05, 4.69) is 24.3 Å². The van der Waals surface area contributed by atoms with Crippen molar-refractivity contribution in [3.63, 3.8) is 0 Å². The predicted molar refractivity (Wildman–Crippen MR) is 136 cm³/mol. The highest BCUT2D eigenvalue weighted by atomic mass is 16.5. The fourth-order valence-corrected chi connectivity index (χ4v) is 4.49. The lowest BCUT2D eigenvalue weighted by Gasteiger charge is -2.44. The molecule has 9 nitrogen and oxygen atoms in total. The molecule has 9 heteroatoms. The largest absolute Gasteiger partial charge is 0.494 e. The van der Waals surface area contributed by atoms with Crippen LogP contribution in [0.5, 0.6) is 5.75 Å². The molecule has 1 aliphatic heterocycles. The third kappa shape index (κ3) is 5.88. The van der Waals surface area contributed by atoms with Crippen LogP contribution >= 0.6 is 0 Å². The molecule has 0 aliphatic carbocycles. The third-order valence-corrected chi connectivity index (χ3v) is 6.74. The maximum Gasteiger partial charge on any atom is 0.358 e. The summed E-state index contributed by atoms with van der Waals surface area (Å²) in [5.41, 5.74) is -0.0543. The molecule has 0 radical (unpaired) electrons. The summed E-state index contributed by atoms with van der Waals surface area (Å²) >= 11 is 0. The summed E-state index contributed by atoms with van der Waals surface area (Å²) in [5.74, 6) is -0.485. The number of hydrogen-bond donors (Lipinski definition) is 1. The Morgan fingerprint density at radius 3 is 2.50 bits per heavy atom. The van der Waals surface area contributed by atoms with Gasteiger partial charge in [0.05, 0.1) is 20.3 Å². The lowest BCUT2D eigenvalue weighted by Crippen LogP contribution is -2.64. The van der Waals surface area contributed by atoms with E-state index in [0.717, 1.165) is 43.4 Å². The van der Waals surface area contributed by atoms with Crippen molar-refractivity contribution in [2.45, 2.75) is 84.5 Å². The highest BCUT2D eigenvalue weighted by Crippen LogP contribution is 2.30. The Bertz CT molecular complexity index is 1060. The molecule has 3 rings (SSSR count). The number of carbonyl (C=O) groups is 3. The normalized spacial score (nSPS) is 17.9. The van der Waals surface area contributed by atoms with E-state index in [0.29, 0.717) is 6.61 Å². The Morgan fingerprint density at radius 1 is 1.17 bits per heavy atom. The van der Waals surface area contributed by atoms with E-state index in [1.807, 2.05) is 31.2 Å². The maximum atomic E-state index is 13.8. The van der Waals surface area contributed by atoms with Crippen molar-refractivity contribution in [3.05, 3.63) is 47.3 Å². The molecule has 0 fully saturated rings. The van der Waals surface area contributed by atoms with Crippen molar-refractivity contribution in [3.8, 4) is 5.75 Å². The summed E-state index contributed by atoms with van der Waals surface area (Å²) in [4.78, 5) is 41.1. The molecule has 0 bridgehead atoms. The number of amides is 2. The summed E-state index contributed by atoms with van der Waals surface area (Å²) in [7, 11) is 1.27. The molecule has 2 unspecified atom stereocenters. The molecule has 0 saturated heterocycles. The first-order valence-corrected chi connectivity index (χ1v) is 12.8. The van der Waals surface area contributed by atoms with Crippen LogP contribution in [0.3, 0.4) is 0 Å². The monoisotopic (exact) mass is 498 g/mol. The SMILES string of the molecule is CCCCCC(CC)NC(=O)C1(C)Cn2nc(C(=O)OC)cc2C(=O)N1Cc1ccc(OCC)cc1. The number of fused-ring (bicyclic) bond motifs is 1. The van der Waals surface area contributed by atoms with Crippen molar-refractivity contribution in [2.75, 3.05) is 13.7 Å². The van der Waals surface area contributed by atoms with E-state index in [1.165, 1.54) is 17.9 Å². The first-order valence-electron chi connectivity index (χ1n) is 12.8. The lowest BCUT2D eigenvalue weighted by molar-refractivity contribution is -0.134. The van der Waals surface area contributed by atoms with Crippen molar-refractivity contribution in [2.24, 2.45) is 0 Å². The zero-order chi connectivity index (χ0) is 26.3. The molecule has 0 spiro atoms. The van der Waals surface area contributed by atoms with Crippen LogP contribution in [0, 0.1) is 0 Å². The summed E-state index contributed by atoms with van der Waals surface area (Å²) < 4.78 is 11.8. The van der Waals surface area contributed by atoms with Crippen molar-refractivity contribution >= 4 is 17.8 Å². The molecule has 1 N–H and O–H groups in total. The van der Waals surface area contributed by atoms with E-state index >= 15 is 0 Å². The smallest absolute Gasteiger partial charge is 0.358 e. The predicted octanol–water partition coefficient (Wildman–Crippen LogP) is 3.96. The molecule has 196 valence electrons. The fraction of sp³-hybridized carbons (Fsp3) is 0.556. The Kier molecular flexibility index (Phi) is 9.12. The second-order valence-corrected chi connectivity index (χ2v) is 9.38. The molecule has 1 aromatic carbocycles. The molecule has 0 saturated carbocycles. The van der Waals surface area contributed by atoms with Gasteiger partial charge in [-0.3, -0.25) is 14.3 Å². The zero-order valence-corrected chi connectivity index (χ0v) is 22.0. The number of benzene rings is 1. The maximum absolute atomic E-state index is 13.8. The van der Waals surface area contributed by atoms with Gasteiger partial charge in [-0.1, -0.05) is 45.2 Å². The highest BCUT2D eigenvalue weighted by molar-refractivity contribution is 6.01. The van der Waals surface area contributed by atoms with Gasteiger partial charge in [-0.15, -0.1) is 0 Å². The molecule has 1 aromatic heterocycles. The van der Waals surface area contributed by atoms with Gasteiger partial charge < -0.3 is 19.7 Å². The first kappa shape index (κ1) is 27.2. The standard InChI is InChI=1S/C27H38N4O5/c1-6-9-10-11-20(7-2)28-26(34)27(4)18-31-23(16-22(29-31)25(33)35-5)24(32)30(27)17-19-12-14-21(15-13-19)36-8-3/h12-16,20H,6-11,17-18H2,1-5H3,(H,28,34). The van der Waals surface area contributed by atoms with Crippen molar-refractivity contribution in [1.82, 2.24) is 20.0 Å². The molecular weight excluding hydrogens is 460 g/mol. The first-order chi connectivity index (χ1) is 17.3. The molecule has 36 heavy (non-hydrogen) atoms. The summed E-state index contributed by atoms with van der Waals surface area (Å²) in [6.45, 7) is 8.79.